The molecule has 10 heteroatoms. The summed E-state index contributed by atoms with van der Waals surface area (Å²) in [6.45, 7) is 2.85. The Morgan fingerprint density at radius 3 is 2.26 bits per heavy atom. The maximum atomic E-state index is 13.1. The van der Waals surface area contributed by atoms with Crippen molar-refractivity contribution in [1.82, 2.24) is 5.32 Å². The Hall–Kier alpha value is -2.10. The molecular weight excluding hydrogens is 337 g/mol. The number of rotatable bonds is 3. The Bertz CT molecular complexity index is 748. The van der Waals surface area contributed by atoms with Crippen molar-refractivity contribution in [2.24, 2.45) is 0 Å². The molecule has 126 valence electrons. The molecule has 1 N–H and O–H groups in total. The molecule has 1 aliphatic rings. The molecule has 0 radical (unpaired) electrons. The van der Waals surface area contributed by atoms with Gasteiger partial charge in [-0.3, -0.25) is 4.79 Å². The van der Waals surface area contributed by atoms with Crippen molar-refractivity contribution in [3.63, 3.8) is 0 Å². The van der Waals surface area contributed by atoms with E-state index in [0.29, 0.717) is 11.0 Å². The van der Waals surface area contributed by atoms with E-state index < -0.39 is 51.2 Å². The lowest BCUT2D eigenvalue weighted by Gasteiger charge is -2.18. The van der Waals surface area contributed by atoms with Crippen LogP contribution in [-0.2, 0) is 27.4 Å². The van der Waals surface area contributed by atoms with Crippen LogP contribution in [-0.4, -0.2) is 25.9 Å². The van der Waals surface area contributed by atoms with Crippen LogP contribution in [0.4, 0.5) is 23.7 Å². The minimum atomic E-state index is -4.81. The van der Waals surface area contributed by atoms with Crippen LogP contribution >= 0.6 is 0 Å². The van der Waals surface area contributed by atoms with E-state index in [1.54, 1.807) is 0 Å². The minimum absolute atomic E-state index is 0.268. The molecule has 1 aromatic carbocycles. The van der Waals surface area contributed by atoms with E-state index in [4.69, 9.17) is 0 Å². The summed E-state index contributed by atoms with van der Waals surface area (Å²) in [6.07, 6.45) is -4.81. The maximum Gasteiger partial charge on any atom is 0.416 e. The predicted molar refractivity (Wildman–Crippen MR) is 75.6 cm³/mol. The summed E-state index contributed by atoms with van der Waals surface area (Å²) in [5.74, 6) is -1.48. The van der Waals surface area contributed by atoms with E-state index in [9.17, 15) is 31.2 Å². The quantitative estimate of drug-likeness (QED) is 0.641. The zero-order valence-corrected chi connectivity index (χ0v) is 13.0. The highest BCUT2D eigenvalue weighted by Gasteiger charge is 2.45. The smallest absolute Gasteiger partial charge is 0.323 e. The first kappa shape index (κ1) is 17.3. The standard InChI is InChI=1S/C13H13F3N2O4S/c1-12(2)10(19)18(11(20)17-12)8-4-3-7(6-23(21)22)9(5-8)13(14,15)16/h3-5,23H,6H2,1-2H3,(H,17,20). The van der Waals surface area contributed by atoms with Crippen LogP contribution in [0.3, 0.4) is 0 Å². The van der Waals surface area contributed by atoms with E-state index in [0.717, 1.165) is 12.1 Å². The second kappa shape index (κ2) is 5.52. The third-order valence-electron chi connectivity index (χ3n) is 3.32. The number of anilines is 1. The molecule has 0 atom stereocenters. The number of urea groups is 1. The lowest BCUT2D eigenvalue weighted by atomic mass is 10.0. The summed E-state index contributed by atoms with van der Waals surface area (Å²) in [7, 11) is -3.05. The van der Waals surface area contributed by atoms with E-state index in [2.05, 4.69) is 5.32 Å². The van der Waals surface area contributed by atoms with Crippen LogP contribution in [0, 0.1) is 0 Å². The van der Waals surface area contributed by atoms with Crippen LogP contribution in [0.25, 0.3) is 0 Å². The molecule has 1 fully saturated rings. The summed E-state index contributed by atoms with van der Waals surface area (Å²) >= 11 is 0. The lowest BCUT2D eigenvalue weighted by molar-refractivity contribution is -0.138. The van der Waals surface area contributed by atoms with Crippen LogP contribution < -0.4 is 10.2 Å². The molecule has 0 aliphatic carbocycles. The third-order valence-corrected chi connectivity index (χ3v) is 3.92. The number of thiol groups is 1. The average Bonchev–Trinajstić information content (AvgIpc) is 2.57. The van der Waals surface area contributed by atoms with Gasteiger partial charge in [0.05, 0.1) is 17.0 Å². The molecule has 1 heterocycles. The van der Waals surface area contributed by atoms with Gasteiger partial charge in [0.15, 0.2) is 0 Å². The van der Waals surface area contributed by atoms with E-state index in [-0.39, 0.29) is 5.69 Å². The molecule has 23 heavy (non-hydrogen) atoms. The highest BCUT2D eigenvalue weighted by Crippen LogP contribution is 2.36. The lowest BCUT2D eigenvalue weighted by Crippen LogP contribution is -2.40. The number of halogens is 3. The molecule has 0 saturated carbocycles. The molecule has 3 amide bonds. The number of carbonyl (C=O) groups is 2. The number of nitrogens with zero attached hydrogens (tertiary/aromatic N) is 1. The maximum absolute atomic E-state index is 13.1. The number of hydrogen-bond donors (Lipinski definition) is 2. The van der Waals surface area contributed by atoms with Gasteiger partial charge in [-0.25, -0.2) is 18.1 Å². The predicted octanol–water partition coefficient (Wildman–Crippen LogP) is 1.65. The molecule has 6 nitrogen and oxygen atoms in total. The molecule has 0 aromatic heterocycles. The summed E-state index contributed by atoms with van der Waals surface area (Å²) in [6, 6.07) is 1.83. The normalized spacial score (nSPS) is 17.7. The number of hydrogen-bond acceptors (Lipinski definition) is 4. The van der Waals surface area contributed by atoms with Gasteiger partial charge in [0.25, 0.3) is 5.91 Å². The van der Waals surface area contributed by atoms with Crippen molar-refractivity contribution >= 4 is 28.3 Å². The Balaban J connectivity index is 2.54. The summed E-state index contributed by atoms with van der Waals surface area (Å²) in [5.41, 5.74) is -3.13. The molecule has 1 saturated heterocycles. The van der Waals surface area contributed by atoms with E-state index >= 15 is 0 Å². The van der Waals surface area contributed by atoms with Gasteiger partial charge in [0.2, 0.25) is 0 Å². The molecule has 2 rings (SSSR count). The molecule has 0 spiro atoms. The number of nitrogens with one attached hydrogen (secondary N) is 1. The Morgan fingerprint density at radius 2 is 1.83 bits per heavy atom. The first-order valence-corrected chi connectivity index (χ1v) is 7.78. The van der Waals surface area contributed by atoms with Crippen LogP contribution in [0.15, 0.2) is 18.2 Å². The number of benzene rings is 1. The van der Waals surface area contributed by atoms with Crippen molar-refractivity contribution in [3.05, 3.63) is 29.3 Å². The average molecular weight is 350 g/mol. The van der Waals surface area contributed by atoms with Crippen molar-refractivity contribution in [3.8, 4) is 0 Å². The molecule has 0 bridgehead atoms. The van der Waals surface area contributed by atoms with Crippen molar-refractivity contribution in [1.29, 1.82) is 0 Å². The number of carbonyl (C=O) groups excluding carboxylic acids is 2. The van der Waals surface area contributed by atoms with E-state index in [1.165, 1.54) is 13.8 Å². The zero-order chi connectivity index (χ0) is 17.6. The molecule has 1 aromatic rings. The van der Waals surface area contributed by atoms with Crippen molar-refractivity contribution in [2.75, 3.05) is 4.90 Å². The highest BCUT2D eigenvalue weighted by atomic mass is 32.2. The number of alkyl halides is 3. The van der Waals surface area contributed by atoms with Gasteiger partial charge >= 0.3 is 12.2 Å². The topological polar surface area (TPSA) is 83.6 Å². The van der Waals surface area contributed by atoms with Gasteiger partial charge in [-0.2, -0.15) is 13.2 Å². The van der Waals surface area contributed by atoms with Gasteiger partial charge in [-0.1, -0.05) is 6.07 Å². The Morgan fingerprint density at radius 1 is 1.22 bits per heavy atom. The SMILES string of the molecule is CC1(C)NC(=O)N(c2ccc(C[SH](=O)=O)c(C(F)(F)F)c2)C1=O. The monoisotopic (exact) mass is 350 g/mol. The van der Waals surface area contributed by atoms with Gasteiger partial charge in [0, 0.05) is 0 Å². The van der Waals surface area contributed by atoms with Gasteiger partial charge < -0.3 is 5.32 Å². The third kappa shape index (κ3) is 3.31. The number of amides is 3. The minimum Gasteiger partial charge on any atom is -0.323 e. The molecule has 0 unspecified atom stereocenters. The summed E-state index contributed by atoms with van der Waals surface area (Å²) < 4.78 is 60.8. The molecule has 1 aliphatic heterocycles. The van der Waals surface area contributed by atoms with Crippen LogP contribution in [0.2, 0.25) is 0 Å². The fraction of sp³-hybridized carbons (Fsp3) is 0.385. The van der Waals surface area contributed by atoms with Crippen LogP contribution in [0.1, 0.15) is 25.0 Å². The van der Waals surface area contributed by atoms with E-state index in [1.807, 2.05) is 0 Å². The highest BCUT2D eigenvalue weighted by molar-refractivity contribution is 7.71. The fourth-order valence-corrected chi connectivity index (χ4v) is 2.78. The van der Waals surface area contributed by atoms with Gasteiger partial charge in [0.1, 0.15) is 16.2 Å². The number of imide groups is 1. The Kier molecular flexibility index (Phi) is 4.14. The Labute approximate surface area is 131 Å². The first-order valence-electron chi connectivity index (χ1n) is 6.42. The van der Waals surface area contributed by atoms with Crippen molar-refractivity contribution < 1.29 is 31.2 Å². The summed E-state index contributed by atoms with van der Waals surface area (Å²) in [5, 5.41) is 2.36. The fourth-order valence-electron chi connectivity index (χ4n) is 2.23. The van der Waals surface area contributed by atoms with Gasteiger partial charge in [-0.05, 0) is 31.5 Å². The second-order valence-corrected chi connectivity index (χ2v) is 6.51. The zero-order valence-electron chi connectivity index (χ0n) is 12.1. The van der Waals surface area contributed by atoms with Crippen molar-refractivity contribution in [2.45, 2.75) is 31.3 Å². The first-order chi connectivity index (χ1) is 10.4. The van der Waals surface area contributed by atoms with Crippen LogP contribution in [0.5, 0.6) is 0 Å². The molecular formula is C13H13F3N2O4S. The van der Waals surface area contributed by atoms with Gasteiger partial charge in [-0.15, -0.1) is 0 Å². The largest absolute Gasteiger partial charge is 0.416 e. The second-order valence-electron chi connectivity index (χ2n) is 5.53. The summed E-state index contributed by atoms with van der Waals surface area (Å²) in [4.78, 5) is 24.6.